The molecule has 3 N–H and O–H groups in total. The molecule has 5 heteroatoms. The van der Waals surface area contributed by atoms with E-state index in [4.69, 9.17) is 5.73 Å². The first kappa shape index (κ1) is 18.4. The van der Waals surface area contributed by atoms with Gasteiger partial charge in [0.15, 0.2) is 5.96 Å². The Morgan fingerprint density at radius 1 is 0.846 bits per heavy atom. The van der Waals surface area contributed by atoms with E-state index in [1.807, 2.05) is 18.2 Å². The number of piperazine rings is 1. The lowest BCUT2D eigenvalue weighted by Crippen LogP contribution is -2.48. The van der Waals surface area contributed by atoms with Crippen LogP contribution in [-0.4, -0.2) is 55.0 Å². The molecule has 2 aromatic rings. The molecule has 0 aliphatic carbocycles. The van der Waals surface area contributed by atoms with E-state index in [1.54, 1.807) is 0 Å². The van der Waals surface area contributed by atoms with E-state index in [9.17, 15) is 0 Å². The van der Waals surface area contributed by atoms with Gasteiger partial charge in [0, 0.05) is 45.8 Å². The van der Waals surface area contributed by atoms with Gasteiger partial charge < -0.3 is 11.1 Å². The first-order chi connectivity index (χ1) is 12.8. The summed E-state index contributed by atoms with van der Waals surface area (Å²) in [5, 5.41) is 3.22. The van der Waals surface area contributed by atoms with Crippen molar-refractivity contribution in [3.63, 3.8) is 0 Å². The zero-order valence-corrected chi connectivity index (χ0v) is 15.3. The van der Waals surface area contributed by atoms with E-state index in [2.05, 4.69) is 62.6 Å². The molecule has 2 aromatic carbocycles. The normalized spacial score (nSPS) is 16.5. The summed E-state index contributed by atoms with van der Waals surface area (Å²) in [7, 11) is 0. The third-order valence-corrected chi connectivity index (χ3v) is 4.72. The third-order valence-electron chi connectivity index (χ3n) is 4.72. The first-order valence-electron chi connectivity index (χ1n) is 9.36. The Hall–Kier alpha value is -2.37. The standard InChI is InChI=1S/C21H29N5/c22-21(24-17-19-7-3-1-4-8-19)23-11-12-25-13-15-26(16-14-25)18-20-9-5-2-6-10-20/h1-10H,11-18H2,(H3,22,23,24). The number of rotatable bonds is 7. The van der Waals surface area contributed by atoms with Crippen LogP contribution in [0.4, 0.5) is 0 Å². The topological polar surface area (TPSA) is 56.9 Å². The molecule has 1 heterocycles. The molecule has 3 rings (SSSR count). The van der Waals surface area contributed by atoms with Crippen molar-refractivity contribution in [2.24, 2.45) is 10.7 Å². The van der Waals surface area contributed by atoms with Crippen molar-refractivity contribution in [3.05, 3.63) is 71.8 Å². The Morgan fingerprint density at radius 2 is 1.42 bits per heavy atom. The van der Waals surface area contributed by atoms with Crippen LogP contribution in [-0.2, 0) is 13.1 Å². The first-order valence-corrected chi connectivity index (χ1v) is 9.36. The molecule has 0 bridgehead atoms. The molecule has 0 aromatic heterocycles. The highest BCUT2D eigenvalue weighted by molar-refractivity contribution is 5.77. The van der Waals surface area contributed by atoms with E-state index in [0.29, 0.717) is 12.5 Å². The zero-order valence-electron chi connectivity index (χ0n) is 15.3. The summed E-state index contributed by atoms with van der Waals surface area (Å²) in [6.45, 7) is 7.96. The lowest BCUT2D eigenvalue weighted by atomic mass is 10.2. The Labute approximate surface area is 156 Å². The van der Waals surface area contributed by atoms with Crippen LogP contribution >= 0.6 is 0 Å². The predicted octanol–water partition coefficient (Wildman–Crippen LogP) is 1.91. The summed E-state index contributed by atoms with van der Waals surface area (Å²) in [6.07, 6.45) is 0. The minimum atomic E-state index is 0.525. The highest BCUT2D eigenvalue weighted by atomic mass is 15.3. The van der Waals surface area contributed by atoms with Gasteiger partial charge in [0.05, 0.1) is 6.54 Å². The van der Waals surface area contributed by atoms with E-state index >= 15 is 0 Å². The summed E-state index contributed by atoms with van der Waals surface area (Å²) in [4.78, 5) is 9.40. The van der Waals surface area contributed by atoms with Crippen molar-refractivity contribution < 1.29 is 0 Å². The number of nitrogens with two attached hydrogens (primary N) is 1. The number of nitrogens with zero attached hydrogens (tertiary/aromatic N) is 3. The van der Waals surface area contributed by atoms with Gasteiger partial charge in [-0.25, -0.2) is 4.99 Å². The number of hydrogen-bond donors (Lipinski definition) is 2. The van der Waals surface area contributed by atoms with Crippen LogP contribution in [0.2, 0.25) is 0 Å². The van der Waals surface area contributed by atoms with Crippen LogP contribution in [0.15, 0.2) is 65.7 Å². The number of guanidine groups is 1. The molecule has 0 saturated carbocycles. The molecule has 1 aliphatic heterocycles. The van der Waals surface area contributed by atoms with E-state index in [1.165, 1.54) is 11.1 Å². The van der Waals surface area contributed by atoms with Gasteiger partial charge in [-0.3, -0.25) is 9.80 Å². The van der Waals surface area contributed by atoms with Crippen molar-refractivity contribution in [1.82, 2.24) is 15.1 Å². The molecule has 0 spiro atoms. The van der Waals surface area contributed by atoms with Gasteiger partial charge >= 0.3 is 0 Å². The molecule has 0 amide bonds. The number of aliphatic imine (C=N–C) groups is 1. The quantitative estimate of drug-likeness (QED) is 0.591. The fourth-order valence-electron chi connectivity index (χ4n) is 3.17. The van der Waals surface area contributed by atoms with Gasteiger partial charge in [0.25, 0.3) is 0 Å². The van der Waals surface area contributed by atoms with Crippen LogP contribution in [0.25, 0.3) is 0 Å². The van der Waals surface area contributed by atoms with Crippen LogP contribution in [0.1, 0.15) is 11.1 Å². The molecule has 0 atom stereocenters. The minimum absolute atomic E-state index is 0.525. The maximum Gasteiger partial charge on any atom is 0.188 e. The lowest BCUT2D eigenvalue weighted by Gasteiger charge is -2.34. The van der Waals surface area contributed by atoms with Crippen LogP contribution in [0, 0.1) is 0 Å². The SMILES string of the molecule is NC(=NCc1ccccc1)NCCN1CCN(Cc2ccccc2)CC1. The average molecular weight is 351 g/mol. The van der Waals surface area contributed by atoms with Crippen molar-refractivity contribution in [1.29, 1.82) is 0 Å². The molecule has 1 saturated heterocycles. The van der Waals surface area contributed by atoms with Gasteiger partial charge in [-0.1, -0.05) is 60.7 Å². The summed E-state index contributed by atoms with van der Waals surface area (Å²) in [5.74, 6) is 0.525. The van der Waals surface area contributed by atoms with Crippen molar-refractivity contribution in [2.75, 3.05) is 39.3 Å². The number of benzene rings is 2. The fourth-order valence-corrected chi connectivity index (χ4v) is 3.17. The Bertz CT molecular complexity index is 663. The molecule has 1 fully saturated rings. The summed E-state index contributed by atoms with van der Waals surface area (Å²) in [5.41, 5.74) is 8.52. The molecule has 26 heavy (non-hydrogen) atoms. The third kappa shape index (κ3) is 6.17. The summed E-state index contributed by atoms with van der Waals surface area (Å²) in [6, 6.07) is 20.9. The van der Waals surface area contributed by atoms with Crippen LogP contribution in [0.5, 0.6) is 0 Å². The molecule has 1 aliphatic rings. The highest BCUT2D eigenvalue weighted by Crippen LogP contribution is 2.08. The highest BCUT2D eigenvalue weighted by Gasteiger charge is 2.16. The Morgan fingerprint density at radius 3 is 2.08 bits per heavy atom. The smallest absolute Gasteiger partial charge is 0.188 e. The Balaban J connectivity index is 1.31. The van der Waals surface area contributed by atoms with Gasteiger partial charge in [-0.2, -0.15) is 0 Å². The van der Waals surface area contributed by atoms with Crippen LogP contribution in [0.3, 0.4) is 0 Å². The number of nitrogens with one attached hydrogen (secondary N) is 1. The van der Waals surface area contributed by atoms with Gasteiger partial charge in [-0.05, 0) is 11.1 Å². The predicted molar refractivity (Wildman–Crippen MR) is 108 cm³/mol. The van der Waals surface area contributed by atoms with E-state index < -0.39 is 0 Å². The zero-order chi connectivity index (χ0) is 18.0. The van der Waals surface area contributed by atoms with Gasteiger partial charge in [-0.15, -0.1) is 0 Å². The van der Waals surface area contributed by atoms with Crippen molar-refractivity contribution in [2.45, 2.75) is 13.1 Å². The second-order valence-electron chi connectivity index (χ2n) is 6.72. The van der Waals surface area contributed by atoms with Crippen molar-refractivity contribution >= 4 is 5.96 Å². The summed E-state index contributed by atoms with van der Waals surface area (Å²) >= 11 is 0. The fraction of sp³-hybridized carbons (Fsp3) is 0.381. The molecule has 138 valence electrons. The number of hydrogen-bond acceptors (Lipinski definition) is 3. The monoisotopic (exact) mass is 351 g/mol. The maximum atomic E-state index is 5.96. The van der Waals surface area contributed by atoms with Crippen molar-refractivity contribution in [3.8, 4) is 0 Å². The molecule has 0 radical (unpaired) electrons. The second kappa shape index (κ2) is 9.94. The van der Waals surface area contributed by atoms with Gasteiger partial charge in [0.1, 0.15) is 0 Å². The molecule has 5 nitrogen and oxygen atoms in total. The van der Waals surface area contributed by atoms with Crippen LogP contribution < -0.4 is 11.1 Å². The maximum absolute atomic E-state index is 5.96. The van der Waals surface area contributed by atoms with E-state index in [-0.39, 0.29) is 0 Å². The average Bonchev–Trinajstić information content (AvgIpc) is 2.69. The minimum Gasteiger partial charge on any atom is -0.370 e. The Kier molecular flexibility index (Phi) is 7.05. The lowest BCUT2D eigenvalue weighted by molar-refractivity contribution is 0.129. The molecular formula is C21H29N5. The van der Waals surface area contributed by atoms with E-state index in [0.717, 1.165) is 45.8 Å². The second-order valence-corrected chi connectivity index (χ2v) is 6.72. The molecule has 0 unspecified atom stereocenters. The van der Waals surface area contributed by atoms with Gasteiger partial charge in [0.2, 0.25) is 0 Å². The largest absolute Gasteiger partial charge is 0.370 e. The molecular weight excluding hydrogens is 322 g/mol. The summed E-state index contributed by atoms with van der Waals surface area (Å²) < 4.78 is 0.